The molecule has 0 radical (unpaired) electrons. The van der Waals surface area contributed by atoms with E-state index in [2.05, 4.69) is 25.1 Å². The molecular formula is C16H23NO. The minimum Gasteiger partial charge on any atom is -0.493 e. The molecule has 2 heteroatoms. The average molecular weight is 245 g/mol. The van der Waals surface area contributed by atoms with Crippen molar-refractivity contribution in [3.63, 3.8) is 0 Å². The quantitative estimate of drug-likeness (QED) is 0.867. The van der Waals surface area contributed by atoms with Crippen LogP contribution in [-0.4, -0.2) is 6.61 Å². The Morgan fingerprint density at radius 2 is 2.33 bits per heavy atom. The maximum atomic E-state index is 6.69. The Labute approximate surface area is 110 Å². The van der Waals surface area contributed by atoms with Crippen LogP contribution in [0.5, 0.6) is 5.75 Å². The van der Waals surface area contributed by atoms with Crippen LogP contribution < -0.4 is 10.5 Å². The summed E-state index contributed by atoms with van der Waals surface area (Å²) in [6.07, 6.45) is 6.99. The zero-order valence-electron chi connectivity index (χ0n) is 11.2. The van der Waals surface area contributed by atoms with Crippen LogP contribution in [0.3, 0.4) is 0 Å². The van der Waals surface area contributed by atoms with Crippen LogP contribution in [0, 0.1) is 5.92 Å². The molecule has 2 aliphatic rings. The van der Waals surface area contributed by atoms with Gasteiger partial charge < -0.3 is 10.5 Å². The van der Waals surface area contributed by atoms with Crippen LogP contribution in [0.1, 0.15) is 50.2 Å². The van der Waals surface area contributed by atoms with Crippen molar-refractivity contribution in [1.82, 2.24) is 0 Å². The molecular weight excluding hydrogens is 222 g/mol. The van der Waals surface area contributed by atoms with Gasteiger partial charge in [0.2, 0.25) is 0 Å². The van der Waals surface area contributed by atoms with E-state index in [0.29, 0.717) is 0 Å². The average Bonchev–Trinajstić information content (AvgIpc) is 2.81. The second kappa shape index (κ2) is 4.58. The second-order valence-corrected chi connectivity index (χ2v) is 5.92. The van der Waals surface area contributed by atoms with Crippen LogP contribution in [0.4, 0.5) is 0 Å². The van der Waals surface area contributed by atoms with Gasteiger partial charge in [-0.25, -0.2) is 0 Å². The third-order valence-electron chi connectivity index (χ3n) is 4.70. The lowest BCUT2D eigenvalue weighted by Crippen LogP contribution is -2.35. The zero-order chi connectivity index (χ0) is 12.6. The largest absolute Gasteiger partial charge is 0.493 e. The number of hydrogen-bond acceptors (Lipinski definition) is 2. The number of aryl methyl sites for hydroxylation is 1. The SMILES string of the molecule is CCC1CCC(N)(c2cccc3c2OCCC3)C1. The number of fused-ring (bicyclic) bond motifs is 1. The van der Waals surface area contributed by atoms with Gasteiger partial charge in [-0.3, -0.25) is 0 Å². The Bertz CT molecular complexity index is 443. The minimum atomic E-state index is -0.149. The number of nitrogens with two attached hydrogens (primary N) is 1. The van der Waals surface area contributed by atoms with E-state index in [-0.39, 0.29) is 5.54 Å². The van der Waals surface area contributed by atoms with Crippen molar-refractivity contribution in [3.8, 4) is 5.75 Å². The first-order chi connectivity index (χ1) is 8.73. The number of rotatable bonds is 2. The molecule has 3 rings (SSSR count). The summed E-state index contributed by atoms with van der Waals surface area (Å²) in [4.78, 5) is 0. The molecule has 2 unspecified atom stereocenters. The third kappa shape index (κ3) is 1.93. The summed E-state index contributed by atoms with van der Waals surface area (Å²) in [6, 6.07) is 6.52. The van der Waals surface area contributed by atoms with Crippen molar-refractivity contribution < 1.29 is 4.74 Å². The normalized spacial score (nSPS) is 30.9. The maximum Gasteiger partial charge on any atom is 0.127 e. The van der Waals surface area contributed by atoms with E-state index in [4.69, 9.17) is 10.5 Å². The van der Waals surface area contributed by atoms with E-state index in [1.165, 1.54) is 24.0 Å². The van der Waals surface area contributed by atoms with E-state index < -0.39 is 0 Å². The Morgan fingerprint density at radius 1 is 1.44 bits per heavy atom. The highest BCUT2D eigenvalue weighted by Gasteiger charge is 2.39. The number of hydrogen-bond donors (Lipinski definition) is 1. The Morgan fingerprint density at radius 3 is 3.11 bits per heavy atom. The summed E-state index contributed by atoms with van der Waals surface area (Å²) >= 11 is 0. The summed E-state index contributed by atoms with van der Waals surface area (Å²) in [5.74, 6) is 1.89. The van der Waals surface area contributed by atoms with E-state index in [1.54, 1.807) is 0 Å². The molecule has 0 amide bonds. The smallest absolute Gasteiger partial charge is 0.127 e. The molecule has 1 aromatic carbocycles. The molecule has 0 saturated heterocycles. The van der Waals surface area contributed by atoms with Gasteiger partial charge in [0.05, 0.1) is 6.61 Å². The van der Waals surface area contributed by atoms with Gasteiger partial charge in [-0.1, -0.05) is 31.5 Å². The fraction of sp³-hybridized carbons (Fsp3) is 0.625. The summed E-state index contributed by atoms with van der Waals surface area (Å²) in [5, 5.41) is 0. The van der Waals surface area contributed by atoms with Gasteiger partial charge in [0.25, 0.3) is 0 Å². The van der Waals surface area contributed by atoms with Gasteiger partial charge in [-0.15, -0.1) is 0 Å². The fourth-order valence-corrected chi connectivity index (χ4v) is 3.56. The Hall–Kier alpha value is -1.02. The number of ether oxygens (including phenoxy) is 1. The summed E-state index contributed by atoms with van der Waals surface area (Å²) in [5.41, 5.74) is 9.15. The van der Waals surface area contributed by atoms with Crippen molar-refractivity contribution in [2.45, 2.75) is 51.0 Å². The summed E-state index contributed by atoms with van der Waals surface area (Å²) < 4.78 is 5.92. The monoisotopic (exact) mass is 245 g/mol. The topological polar surface area (TPSA) is 35.2 Å². The summed E-state index contributed by atoms with van der Waals surface area (Å²) in [7, 11) is 0. The van der Waals surface area contributed by atoms with E-state index >= 15 is 0 Å². The molecule has 1 saturated carbocycles. The van der Waals surface area contributed by atoms with Crippen molar-refractivity contribution in [2.75, 3.05) is 6.61 Å². The van der Waals surface area contributed by atoms with E-state index in [9.17, 15) is 0 Å². The maximum absolute atomic E-state index is 6.69. The predicted molar refractivity (Wildman–Crippen MR) is 73.8 cm³/mol. The molecule has 1 heterocycles. The molecule has 2 nitrogen and oxygen atoms in total. The molecule has 1 aliphatic heterocycles. The van der Waals surface area contributed by atoms with Crippen molar-refractivity contribution in [2.24, 2.45) is 11.7 Å². The zero-order valence-corrected chi connectivity index (χ0v) is 11.2. The highest BCUT2D eigenvalue weighted by molar-refractivity contribution is 5.47. The highest BCUT2D eigenvalue weighted by atomic mass is 16.5. The predicted octanol–water partition coefficient (Wildman–Crippen LogP) is 3.38. The molecule has 0 bridgehead atoms. The van der Waals surface area contributed by atoms with Gasteiger partial charge >= 0.3 is 0 Å². The van der Waals surface area contributed by atoms with Gasteiger partial charge in [0.1, 0.15) is 5.75 Å². The van der Waals surface area contributed by atoms with Crippen molar-refractivity contribution >= 4 is 0 Å². The first-order valence-electron chi connectivity index (χ1n) is 7.27. The van der Waals surface area contributed by atoms with Crippen LogP contribution in [0.15, 0.2) is 18.2 Å². The van der Waals surface area contributed by atoms with E-state index in [0.717, 1.165) is 44.0 Å². The standard InChI is InChI=1S/C16H23NO/c1-2-12-8-9-16(17,11-12)14-7-3-5-13-6-4-10-18-15(13)14/h3,5,7,12H,2,4,6,8-11,17H2,1H3. The molecule has 1 aliphatic carbocycles. The van der Waals surface area contributed by atoms with Crippen LogP contribution in [-0.2, 0) is 12.0 Å². The third-order valence-corrected chi connectivity index (χ3v) is 4.70. The first kappa shape index (κ1) is 12.0. The van der Waals surface area contributed by atoms with Gasteiger partial charge in [0.15, 0.2) is 0 Å². The summed E-state index contributed by atoms with van der Waals surface area (Å²) in [6.45, 7) is 3.12. The molecule has 98 valence electrons. The van der Waals surface area contributed by atoms with Gasteiger partial charge in [-0.2, -0.15) is 0 Å². The fourth-order valence-electron chi connectivity index (χ4n) is 3.56. The van der Waals surface area contributed by atoms with Gasteiger partial charge in [-0.05, 0) is 43.6 Å². The Balaban J connectivity index is 1.97. The van der Waals surface area contributed by atoms with Crippen molar-refractivity contribution in [3.05, 3.63) is 29.3 Å². The number of para-hydroxylation sites is 1. The molecule has 0 aromatic heterocycles. The first-order valence-corrected chi connectivity index (χ1v) is 7.27. The van der Waals surface area contributed by atoms with Crippen LogP contribution in [0.25, 0.3) is 0 Å². The molecule has 2 atom stereocenters. The Kier molecular flexibility index (Phi) is 3.06. The molecule has 18 heavy (non-hydrogen) atoms. The lowest BCUT2D eigenvalue weighted by atomic mass is 9.85. The number of benzene rings is 1. The lowest BCUT2D eigenvalue weighted by molar-refractivity contribution is 0.275. The lowest BCUT2D eigenvalue weighted by Gasteiger charge is -2.30. The second-order valence-electron chi connectivity index (χ2n) is 5.92. The minimum absolute atomic E-state index is 0.149. The van der Waals surface area contributed by atoms with Gasteiger partial charge in [0, 0.05) is 11.1 Å². The molecule has 2 N–H and O–H groups in total. The molecule has 0 spiro atoms. The van der Waals surface area contributed by atoms with E-state index in [1.807, 2.05) is 0 Å². The molecule has 1 fully saturated rings. The molecule has 1 aromatic rings. The van der Waals surface area contributed by atoms with Crippen molar-refractivity contribution in [1.29, 1.82) is 0 Å². The highest BCUT2D eigenvalue weighted by Crippen LogP contribution is 2.46. The van der Waals surface area contributed by atoms with Crippen LogP contribution >= 0.6 is 0 Å². The van der Waals surface area contributed by atoms with Crippen LogP contribution in [0.2, 0.25) is 0 Å².